The summed E-state index contributed by atoms with van der Waals surface area (Å²) >= 11 is 12.3. The molecule has 0 nitrogen and oxygen atoms in total. The van der Waals surface area contributed by atoms with Gasteiger partial charge in [0.1, 0.15) is 0 Å². The molecule has 4 heterocycles. The van der Waals surface area contributed by atoms with Crippen molar-refractivity contribution in [3.05, 3.63) is 28.1 Å². The first-order valence-corrected chi connectivity index (χ1v) is 10.5. The summed E-state index contributed by atoms with van der Waals surface area (Å²) in [6.45, 7) is 0. The molecule has 4 aliphatic rings. The lowest BCUT2D eigenvalue weighted by Gasteiger charge is -2.05. The average molecular weight is 321 g/mol. The molecule has 0 aliphatic carbocycles. The lowest BCUT2D eigenvalue weighted by molar-refractivity contribution is 1.69. The van der Waals surface area contributed by atoms with Gasteiger partial charge in [-0.25, -0.2) is 0 Å². The second-order valence-corrected chi connectivity index (χ2v) is 10.6. The Hall–Kier alpha value is 1.32. The van der Waals surface area contributed by atoms with Gasteiger partial charge in [-0.15, -0.1) is 0 Å². The molecule has 0 bridgehead atoms. The molecule has 6 heteroatoms. The summed E-state index contributed by atoms with van der Waals surface area (Å²) in [6, 6.07) is 0. The van der Waals surface area contributed by atoms with Gasteiger partial charge in [0.25, 0.3) is 0 Å². The predicted octanol–water partition coefficient (Wildman–Crippen LogP) is 4.99. The van der Waals surface area contributed by atoms with Crippen molar-refractivity contribution in [2.75, 3.05) is 23.0 Å². The molecule has 0 spiro atoms. The second-order valence-electron chi connectivity index (χ2n) is 3.66. The molecule has 4 aliphatic heterocycles. The van der Waals surface area contributed by atoms with Crippen LogP contribution in [0.15, 0.2) is 28.1 Å². The highest BCUT2D eigenvalue weighted by molar-refractivity contribution is 8.35. The van der Waals surface area contributed by atoms with Gasteiger partial charge in [-0.1, -0.05) is 47.0 Å². The largest absolute Gasteiger partial charge is 0.151 e. The number of thioether (sulfide) groups is 6. The first-order chi connectivity index (χ1) is 7.90. The zero-order chi connectivity index (χ0) is 10.5. The summed E-state index contributed by atoms with van der Waals surface area (Å²) < 4.78 is 3.14. The van der Waals surface area contributed by atoms with Gasteiger partial charge in [-0.2, -0.15) is 23.5 Å². The fourth-order valence-electron chi connectivity index (χ4n) is 1.80. The van der Waals surface area contributed by atoms with Crippen molar-refractivity contribution >= 4 is 70.6 Å². The van der Waals surface area contributed by atoms with Crippen molar-refractivity contribution in [1.82, 2.24) is 0 Å². The maximum absolute atomic E-state index is 2.06. The SMILES string of the molecule is C1SCC2=C1SC(=C1SC3=C(CSC3)S1)S2. The molecule has 0 N–H and O–H groups in total. The summed E-state index contributed by atoms with van der Waals surface area (Å²) in [6.07, 6.45) is 0. The van der Waals surface area contributed by atoms with E-state index in [1.54, 1.807) is 28.1 Å². The molecule has 0 fully saturated rings. The molecule has 84 valence electrons. The molecular formula is C10H8S6. The Morgan fingerprint density at radius 3 is 1.12 bits per heavy atom. The van der Waals surface area contributed by atoms with E-state index in [1.165, 1.54) is 23.0 Å². The fraction of sp³-hybridized carbons (Fsp3) is 0.400. The molecule has 0 unspecified atom stereocenters. The van der Waals surface area contributed by atoms with Gasteiger partial charge >= 0.3 is 0 Å². The zero-order valence-electron chi connectivity index (χ0n) is 8.28. The van der Waals surface area contributed by atoms with Gasteiger partial charge < -0.3 is 0 Å². The van der Waals surface area contributed by atoms with Crippen LogP contribution in [-0.4, -0.2) is 23.0 Å². The second kappa shape index (κ2) is 4.46. The third kappa shape index (κ3) is 1.84. The topological polar surface area (TPSA) is 0 Å². The van der Waals surface area contributed by atoms with Crippen LogP contribution in [0.4, 0.5) is 0 Å². The standard InChI is InChI=1S/C10H8S6/c1-5-6(2-11-1)14-9(13-5)10-15-7-3-12-4-8(7)16-10/h1-4H2. The molecule has 0 aromatic rings. The Balaban J connectivity index is 1.56. The minimum atomic E-state index is 1.25. The van der Waals surface area contributed by atoms with Crippen LogP contribution < -0.4 is 0 Å². The first-order valence-electron chi connectivity index (χ1n) is 4.95. The molecule has 0 atom stereocenters. The molecular weight excluding hydrogens is 313 g/mol. The summed E-state index contributed by atoms with van der Waals surface area (Å²) in [7, 11) is 0. The molecule has 0 radical (unpaired) electrons. The summed E-state index contributed by atoms with van der Waals surface area (Å²) in [5, 5.41) is 0. The van der Waals surface area contributed by atoms with Crippen molar-refractivity contribution in [2.45, 2.75) is 0 Å². The highest BCUT2D eigenvalue weighted by Crippen LogP contribution is 2.63. The molecule has 4 rings (SSSR count). The summed E-state index contributed by atoms with van der Waals surface area (Å²) in [5.74, 6) is 5.01. The Morgan fingerprint density at radius 2 is 0.812 bits per heavy atom. The van der Waals surface area contributed by atoms with E-state index in [4.69, 9.17) is 0 Å². The van der Waals surface area contributed by atoms with Crippen molar-refractivity contribution in [2.24, 2.45) is 0 Å². The van der Waals surface area contributed by atoms with E-state index in [0.29, 0.717) is 0 Å². The number of hydrogen-bond acceptors (Lipinski definition) is 6. The van der Waals surface area contributed by atoms with E-state index in [9.17, 15) is 0 Å². The lowest BCUT2D eigenvalue weighted by Crippen LogP contribution is -1.77. The Labute approximate surface area is 121 Å². The lowest BCUT2D eigenvalue weighted by atomic mass is 10.6. The van der Waals surface area contributed by atoms with E-state index < -0.39 is 0 Å². The van der Waals surface area contributed by atoms with Gasteiger partial charge in [-0.05, 0) is 0 Å². The molecule has 0 saturated heterocycles. The summed E-state index contributed by atoms with van der Waals surface area (Å²) in [4.78, 5) is 6.56. The number of rotatable bonds is 0. The minimum absolute atomic E-state index is 1.25. The molecule has 16 heavy (non-hydrogen) atoms. The van der Waals surface area contributed by atoms with E-state index in [-0.39, 0.29) is 0 Å². The first kappa shape index (κ1) is 11.2. The Kier molecular flexibility index (Phi) is 3.11. The normalized spacial score (nSPS) is 28.5. The van der Waals surface area contributed by atoms with Gasteiger partial charge in [0.15, 0.2) is 0 Å². The molecule has 0 saturated carbocycles. The van der Waals surface area contributed by atoms with Crippen molar-refractivity contribution in [3.63, 3.8) is 0 Å². The van der Waals surface area contributed by atoms with Crippen LogP contribution >= 0.6 is 70.6 Å². The van der Waals surface area contributed by atoms with Crippen LogP contribution in [-0.2, 0) is 0 Å². The van der Waals surface area contributed by atoms with Gasteiger partial charge in [-0.3, -0.25) is 0 Å². The van der Waals surface area contributed by atoms with Crippen LogP contribution in [0, 0.1) is 0 Å². The average Bonchev–Trinajstić information content (AvgIpc) is 2.94. The van der Waals surface area contributed by atoms with Crippen LogP contribution in [0.25, 0.3) is 0 Å². The van der Waals surface area contributed by atoms with Crippen LogP contribution in [0.2, 0.25) is 0 Å². The van der Waals surface area contributed by atoms with Crippen LogP contribution in [0.5, 0.6) is 0 Å². The van der Waals surface area contributed by atoms with Crippen LogP contribution in [0.3, 0.4) is 0 Å². The molecule has 0 amide bonds. The van der Waals surface area contributed by atoms with Gasteiger partial charge in [0.05, 0.1) is 8.47 Å². The predicted molar refractivity (Wildman–Crippen MR) is 86.1 cm³/mol. The minimum Gasteiger partial charge on any atom is -0.151 e. The van der Waals surface area contributed by atoms with E-state index in [0.717, 1.165) is 0 Å². The monoisotopic (exact) mass is 320 g/mol. The quantitative estimate of drug-likeness (QED) is 0.612. The van der Waals surface area contributed by atoms with Crippen LogP contribution in [0.1, 0.15) is 0 Å². The van der Waals surface area contributed by atoms with Gasteiger partial charge in [0.2, 0.25) is 0 Å². The smallest absolute Gasteiger partial charge is 0.0700 e. The summed E-state index contributed by atoms with van der Waals surface area (Å²) in [5.41, 5.74) is 0. The van der Waals surface area contributed by atoms with E-state index in [2.05, 4.69) is 23.5 Å². The van der Waals surface area contributed by atoms with Gasteiger partial charge in [0, 0.05) is 42.6 Å². The van der Waals surface area contributed by atoms with E-state index >= 15 is 0 Å². The highest BCUT2D eigenvalue weighted by Gasteiger charge is 2.32. The maximum atomic E-state index is 2.06. The maximum Gasteiger partial charge on any atom is 0.0700 e. The fourth-order valence-corrected chi connectivity index (χ4v) is 10.8. The highest BCUT2D eigenvalue weighted by atomic mass is 32.2. The third-order valence-electron chi connectivity index (χ3n) is 2.58. The van der Waals surface area contributed by atoms with Crippen molar-refractivity contribution < 1.29 is 0 Å². The molecule has 0 aromatic heterocycles. The Bertz CT molecular complexity index is 380. The van der Waals surface area contributed by atoms with Crippen molar-refractivity contribution in [3.8, 4) is 0 Å². The third-order valence-corrected chi connectivity index (χ3v) is 11.2. The van der Waals surface area contributed by atoms with Crippen molar-refractivity contribution in [1.29, 1.82) is 0 Å². The Morgan fingerprint density at radius 1 is 0.500 bits per heavy atom. The number of hydrogen-bond donors (Lipinski definition) is 0. The molecule has 0 aromatic carbocycles. The van der Waals surface area contributed by atoms with E-state index in [1.807, 2.05) is 47.0 Å². The zero-order valence-corrected chi connectivity index (χ0v) is 13.2.